The molecule has 0 nitrogen and oxygen atoms in total. The summed E-state index contributed by atoms with van der Waals surface area (Å²) < 4.78 is 0. The maximum atomic E-state index is 3.42. The second-order valence-electron chi connectivity index (χ2n) is 0.569. The summed E-state index contributed by atoms with van der Waals surface area (Å²) in [6.07, 6.45) is 3.64. The van der Waals surface area contributed by atoms with Crippen LogP contribution in [0.2, 0.25) is 0 Å². The van der Waals surface area contributed by atoms with Gasteiger partial charge in [0, 0.05) is 0 Å². The zero-order valence-electron chi connectivity index (χ0n) is 3.86. The molecule has 0 aliphatic rings. The van der Waals surface area contributed by atoms with Crippen molar-refractivity contribution in [2.75, 3.05) is 0 Å². The van der Waals surface area contributed by atoms with Gasteiger partial charge in [0.2, 0.25) is 0 Å². The van der Waals surface area contributed by atoms with Crippen molar-refractivity contribution in [2.24, 2.45) is 0 Å². The Morgan fingerprint density at radius 1 is 1.60 bits per heavy atom. The van der Waals surface area contributed by atoms with Gasteiger partial charge in [0.25, 0.3) is 0 Å². The zero-order valence-corrected chi connectivity index (χ0v) is 5.86. The fourth-order valence-corrected chi connectivity index (χ4v) is 0. The van der Waals surface area contributed by atoms with Crippen LogP contribution in [0.1, 0.15) is 6.92 Å². The Labute approximate surface area is 55.6 Å². The van der Waals surface area contributed by atoms with Gasteiger partial charge in [-0.3, -0.25) is 0 Å². The SMILES string of the molecule is [CH2-]/C=C/C.[Na+]. The van der Waals surface area contributed by atoms with Crippen LogP contribution in [0.5, 0.6) is 0 Å². The van der Waals surface area contributed by atoms with E-state index >= 15 is 0 Å². The first-order valence-electron chi connectivity index (χ1n) is 1.32. The maximum absolute atomic E-state index is 3.42. The zero-order chi connectivity index (χ0) is 3.41. The Kier molecular flexibility index (Phi) is 16.1. The number of hydrogen-bond acceptors (Lipinski definition) is 0. The predicted molar refractivity (Wildman–Crippen MR) is 20.2 cm³/mol. The van der Waals surface area contributed by atoms with Gasteiger partial charge >= 0.3 is 29.6 Å². The van der Waals surface area contributed by atoms with Gasteiger partial charge in [0.15, 0.2) is 0 Å². The molecule has 1 heteroatoms. The van der Waals surface area contributed by atoms with Gasteiger partial charge in [-0.2, -0.15) is 0 Å². The molecule has 0 atom stereocenters. The van der Waals surface area contributed by atoms with Crippen LogP contribution < -0.4 is 29.6 Å². The monoisotopic (exact) mass is 78.0 g/mol. The number of rotatable bonds is 0. The molecule has 0 rings (SSSR count). The molecule has 0 spiro atoms. The normalized spacial score (nSPS) is 7.40. The van der Waals surface area contributed by atoms with Gasteiger partial charge in [-0.1, -0.05) is 0 Å². The van der Waals surface area contributed by atoms with Crippen LogP contribution in [0.4, 0.5) is 0 Å². The van der Waals surface area contributed by atoms with E-state index in [2.05, 4.69) is 6.92 Å². The Bertz CT molecular complexity index is 18.8. The van der Waals surface area contributed by atoms with Gasteiger partial charge in [-0.05, 0) is 0 Å². The average Bonchev–Trinajstić information content (AvgIpc) is 1.37. The molecule has 0 saturated carbocycles. The summed E-state index contributed by atoms with van der Waals surface area (Å²) in [4.78, 5) is 0. The van der Waals surface area contributed by atoms with E-state index in [1.54, 1.807) is 6.08 Å². The summed E-state index contributed by atoms with van der Waals surface area (Å²) in [6.45, 7) is 5.36. The van der Waals surface area contributed by atoms with Crippen molar-refractivity contribution in [1.82, 2.24) is 0 Å². The molecule has 0 N–H and O–H groups in total. The molecule has 0 aliphatic heterocycles. The summed E-state index contributed by atoms with van der Waals surface area (Å²) in [7, 11) is 0. The molecule has 0 fully saturated rings. The van der Waals surface area contributed by atoms with E-state index in [1.807, 2.05) is 13.0 Å². The molecule has 0 aromatic rings. The maximum Gasteiger partial charge on any atom is 1.00 e. The largest absolute Gasteiger partial charge is 1.00 e. The van der Waals surface area contributed by atoms with E-state index in [0.717, 1.165) is 0 Å². The topological polar surface area (TPSA) is 0 Å². The Morgan fingerprint density at radius 3 is 1.80 bits per heavy atom. The molecule has 0 radical (unpaired) electrons. The average molecular weight is 78.1 g/mol. The number of hydrogen-bond donors (Lipinski definition) is 0. The molecule has 0 aromatic carbocycles. The second kappa shape index (κ2) is 8.82. The first-order chi connectivity index (χ1) is 1.91. The second-order valence-corrected chi connectivity index (χ2v) is 0.569. The van der Waals surface area contributed by atoms with Crippen LogP contribution in [0.25, 0.3) is 0 Å². The van der Waals surface area contributed by atoms with Crippen LogP contribution in [-0.2, 0) is 0 Å². The summed E-state index contributed by atoms with van der Waals surface area (Å²) in [5.74, 6) is 0. The predicted octanol–water partition coefficient (Wildman–Crippen LogP) is -1.60. The van der Waals surface area contributed by atoms with Crippen LogP contribution >= 0.6 is 0 Å². The smallest absolute Gasteiger partial charge is 0.245 e. The Balaban J connectivity index is 0. The van der Waals surface area contributed by atoms with Crippen LogP contribution in [0, 0.1) is 6.92 Å². The minimum Gasteiger partial charge on any atom is -0.245 e. The third kappa shape index (κ3) is 12.1. The minimum atomic E-state index is 0. The molecular formula is C4H7Na. The molecule has 5 heavy (non-hydrogen) atoms. The molecular weight excluding hydrogens is 71.0 g/mol. The quantitative estimate of drug-likeness (QED) is 0.242. The molecule has 0 saturated heterocycles. The van der Waals surface area contributed by atoms with Crippen molar-refractivity contribution in [2.45, 2.75) is 6.92 Å². The van der Waals surface area contributed by atoms with E-state index in [0.29, 0.717) is 0 Å². The minimum absolute atomic E-state index is 0. The van der Waals surface area contributed by atoms with Gasteiger partial charge in [0.05, 0.1) is 0 Å². The van der Waals surface area contributed by atoms with Gasteiger partial charge in [0.1, 0.15) is 0 Å². The molecule has 0 heterocycles. The van der Waals surface area contributed by atoms with Crippen molar-refractivity contribution in [3.63, 3.8) is 0 Å². The third-order valence-corrected chi connectivity index (χ3v) is 0.236. The first-order valence-corrected chi connectivity index (χ1v) is 1.32. The molecule has 0 bridgehead atoms. The van der Waals surface area contributed by atoms with E-state index < -0.39 is 0 Å². The van der Waals surface area contributed by atoms with Gasteiger partial charge in [-0.25, -0.2) is 19.1 Å². The first kappa shape index (κ1) is 9.15. The van der Waals surface area contributed by atoms with Crippen molar-refractivity contribution in [3.05, 3.63) is 19.1 Å². The summed E-state index contributed by atoms with van der Waals surface area (Å²) in [5, 5.41) is 0. The van der Waals surface area contributed by atoms with Gasteiger partial charge in [-0.15, -0.1) is 6.92 Å². The summed E-state index contributed by atoms with van der Waals surface area (Å²) in [5.41, 5.74) is 0. The molecule has 0 amide bonds. The molecule has 0 unspecified atom stereocenters. The van der Waals surface area contributed by atoms with Crippen LogP contribution in [0.15, 0.2) is 12.2 Å². The van der Waals surface area contributed by atoms with E-state index in [9.17, 15) is 0 Å². The molecule has 24 valence electrons. The molecule has 0 aliphatic carbocycles. The summed E-state index contributed by atoms with van der Waals surface area (Å²) in [6, 6.07) is 0. The van der Waals surface area contributed by atoms with Crippen molar-refractivity contribution in [1.29, 1.82) is 0 Å². The fraction of sp³-hybridized carbons (Fsp3) is 0.250. The summed E-state index contributed by atoms with van der Waals surface area (Å²) >= 11 is 0. The number of allylic oxidation sites excluding steroid dienone is 2. The molecule has 0 aromatic heterocycles. The van der Waals surface area contributed by atoms with Crippen molar-refractivity contribution < 1.29 is 29.6 Å². The Morgan fingerprint density at radius 2 is 1.80 bits per heavy atom. The third-order valence-electron chi connectivity index (χ3n) is 0.236. The van der Waals surface area contributed by atoms with E-state index in [-0.39, 0.29) is 29.6 Å². The van der Waals surface area contributed by atoms with Crippen molar-refractivity contribution in [3.8, 4) is 0 Å². The van der Waals surface area contributed by atoms with E-state index in [4.69, 9.17) is 0 Å². The Hall–Kier alpha value is 0.610. The fourth-order valence-electron chi connectivity index (χ4n) is 0. The standard InChI is InChI=1S/C4H7.Na/c1-3-4-2;/h3-4H,1H2,2H3;/q-1;+1/b4-3+;. The van der Waals surface area contributed by atoms with Gasteiger partial charge < -0.3 is 0 Å². The van der Waals surface area contributed by atoms with Crippen molar-refractivity contribution >= 4 is 0 Å². The van der Waals surface area contributed by atoms with E-state index in [1.165, 1.54) is 0 Å². The van der Waals surface area contributed by atoms with Crippen LogP contribution in [-0.4, -0.2) is 0 Å². The van der Waals surface area contributed by atoms with Crippen LogP contribution in [0.3, 0.4) is 0 Å².